The number of nitrogens with one attached hydrogen (secondary N) is 1. The molecule has 1 N–H and O–H groups in total. The van der Waals surface area contributed by atoms with E-state index in [4.69, 9.17) is 0 Å². The number of carbonyl (C=O) groups is 1. The zero-order valence-electron chi connectivity index (χ0n) is 17.2. The number of hydrogen-bond acceptors (Lipinski definition) is 5. The molecule has 2 aliphatic rings. The predicted octanol–water partition coefficient (Wildman–Crippen LogP) is 4.43. The largest absolute Gasteiger partial charge is 0.381 e. The van der Waals surface area contributed by atoms with Crippen LogP contribution in [0.5, 0.6) is 0 Å². The lowest BCUT2D eigenvalue weighted by atomic mass is 10.1. The summed E-state index contributed by atoms with van der Waals surface area (Å²) in [6.45, 7) is 4.07. The monoisotopic (exact) mass is 408 g/mol. The Morgan fingerprint density at radius 1 is 0.967 bits per heavy atom. The minimum atomic E-state index is -0.473. The first-order chi connectivity index (χ1) is 14.6. The fourth-order valence-electron chi connectivity index (χ4n) is 4.37. The molecule has 2 fully saturated rings. The third kappa shape index (κ3) is 4.40. The van der Waals surface area contributed by atoms with Crippen LogP contribution < -0.4 is 10.2 Å². The van der Waals surface area contributed by atoms with Crippen LogP contribution in [0.15, 0.2) is 42.5 Å². The lowest BCUT2D eigenvalue weighted by molar-refractivity contribution is -0.385. The van der Waals surface area contributed by atoms with Gasteiger partial charge in [0, 0.05) is 50.2 Å². The third-order valence-corrected chi connectivity index (χ3v) is 5.99. The van der Waals surface area contributed by atoms with Crippen molar-refractivity contribution >= 4 is 23.0 Å². The first-order valence-corrected chi connectivity index (χ1v) is 10.8. The molecule has 2 aromatic rings. The second kappa shape index (κ2) is 9.15. The van der Waals surface area contributed by atoms with Gasteiger partial charge in [-0.2, -0.15) is 0 Å². The lowest BCUT2D eigenvalue weighted by Gasteiger charge is -2.30. The van der Waals surface area contributed by atoms with Crippen LogP contribution in [0.1, 0.15) is 48.0 Å². The summed E-state index contributed by atoms with van der Waals surface area (Å²) in [4.78, 5) is 28.0. The van der Waals surface area contributed by atoms with E-state index in [1.165, 1.54) is 36.6 Å². The molecule has 7 nitrogen and oxygen atoms in total. The summed E-state index contributed by atoms with van der Waals surface area (Å²) >= 11 is 0. The standard InChI is InChI=1S/C23H28N4O3/c28-23(26-14-6-7-15-26)20-16-19(10-11-22(20)27(29)30)24-17-18-8-2-3-9-21(18)25-12-4-1-5-13-25/h2-3,8-11,16,24H,1,4-7,12-15,17H2. The smallest absolute Gasteiger partial charge is 0.282 e. The van der Waals surface area contributed by atoms with Gasteiger partial charge in [-0.15, -0.1) is 0 Å². The second-order valence-corrected chi connectivity index (χ2v) is 8.02. The molecule has 0 radical (unpaired) electrons. The molecule has 0 spiro atoms. The van der Waals surface area contributed by atoms with Crippen molar-refractivity contribution in [3.05, 3.63) is 63.7 Å². The summed E-state index contributed by atoms with van der Waals surface area (Å²) in [6.07, 6.45) is 5.61. The molecule has 2 saturated heterocycles. The Morgan fingerprint density at radius 3 is 2.40 bits per heavy atom. The van der Waals surface area contributed by atoms with E-state index >= 15 is 0 Å². The van der Waals surface area contributed by atoms with E-state index in [9.17, 15) is 14.9 Å². The van der Waals surface area contributed by atoms with E-state index < -0.39 is 4.92 Å². The fraction of sp³-hybridized carbons (Fsp3) is 0.435. The zero-order chi connectivity index (χ0) is 20.9. The quantitative estimate of drug-likeness (QED) is 0.565. The fourth-order valence-corrected chi connectivity index (χ4v) is 4.37. The number of likely N-dealkylation sites (tertiary alicyclic amines) is 1. The Labute approximate surface area is 176 Å². The number of carbonyl (C=O) groups excluding carboxylic acids is 1. The molecule has 7 heteroatoms. The highest BCUT2D eigenvalue weighted by molar-refractivity contribution is 5.99. The Hall–Kier alpha value is -3.09. The number of rotatable bonds is 6. The Bertz CT molecular complexity index is 918. The molecule has 4 rings (SSSR count). The van der Waals surface area contributed by atoms with Gasteiger partial charge in [0.1, 0.15) is 5.56 Å². The lowest BCUT2D eigenvalue weighted by Crippen LogP contribution is -2.30. The number of para-hydroxylation sites is 1. The molecule has 1 amide bonds. The molecular weight excluding hydrogens is 380 g/mol. The number of benzene rings is 2. The highest BCUT2D eigenvalue weighted by Gasteiger charge is 2.27. The van der Waals surface area contributed by atoms with E-state index in [1.807, 2.05) is 6.07 Å². The van der Waals surface area contributed by atoms with Crippen molar-refractivity contribution in [2.75, 3.05) is 36.4 Å². The molecule has 30 heavy (non-hydrogen) atoms. The Balaban J connectivity index is 1.53. The van der Waals surface area contributed by atoms with Crippen molar-refractivity contribution in [2.45, 2.75) is 38.6 Å². The average Bonchev–Trinajstić information content (AvgIpc) is 3.33. The van der Waals surface area contributed by atoms with E-state index in [0.717, 1.165) is 31.6 Å². The van der Waals surface area contributed by atoms with Crippen LogP contribution in [-0.4, -0.2) is 41.9 Å². The van der Waals surface area contributed by atoms with Crippen molar-refractivity contribution < 1.29 is 9.72 Å². The Morgan fingerprint density at radius 2 is 1.67 bits per heavy atom. The molecular formula is C23H28N4O3. The number of nitro groups is 1. The van der Waals surface area contributed by atoms with Gasteiger partial charge in [0.2, 0.25) is 0 Å². The average molecular weight is 409 g/mol. The molecule has 0 unspecified atom stereocenters. The van der Waals surface area contributed by atoms with Gasteiger partial charge in [-0.1, -0.05) is 18.2 Å². The molecule has 0 atom stereocenters. The van der Waals surface area contributed by atoms with Crippen LogP contribution in [-0.2, 0) is 6.54 Å². The van der Waals surface area contributed by atoms with E-state index in [1.54, 1.807) is 17.0 Å². The molecule has 0 saturated carbocycles. The van der Waals surface area contributed by atoms with Crippen LogP contribution in [0.3, 0.4) is 0 Å². The number of nitrogens with zero attached hydrogens (tertiary/aromatic N) is 3. The van der Waals surface area contributed by atoms with E-state index in [-0.39, 0.29) is 17.2 Å². The van der Waals surface area contributed by atoms with Crippen molar-refractivity contribution in [3.63, 3.8) is 0 Å². The molecule has 0 aliphatic carbocycles. The summed E-state index contributed by atoms with van der Waals surface area (Å²) in [6, 6.07) is 13.1. The third-order valence-electron chi connectivity index (χ3n) is 5.99. The summed E-state index contributed by atoms with van der Waals surface area (Å²) in [7, 11) is 0. The normalized spacial score (nSPS) is 16.5. The van der Waals surface area contributed by atoms with Crippen LogP contribution in [0, 0.1) is 10.1 Å². The zero-order valence-corrected chi connectivity index (χ0v) is 17.2. The van der Waals surface area contributed by atoms with Crippen LogP contribution >= 0.6 is 0 Å². The van der Waals surface area contributed by atoms with Crippen molar-refractivity contribution in [2.24, 2.45) is 0 Å². The summed E-state index contributed by atoms with van der Waals surface area (Å²) in [5, 5.41) is 14.8. The first kappa shape index (κ1) is 20.2. The summed E-state index contributed by atoms with van der Waals surface area (Å²) in [5.74, 6) is -0.253. The van der Waals surface area contributed by atoms with Gasteiger partial charge < -0.3 is 15.1 Å². The van der Waals surface area contributed by atoms with Crippen molar-refractivity contribution in [3.8, 4) is 0 Å². The number of hydrogen-bond donors (Lipinski definition) is 1. The van der Waals surface area contributed by atoms with Gasteiger partial charge >= 0.3 is 0 Å². The molecule has 2 heterocycles. The van der Waals surface area contributed by atoms with Gasteiger partial charge in [0.05, 0.1) is 4.92 Å². The van der Waals surface area contributed by atoms with E-state index in [0.29, 0.717) is 19.6 Å². The van der Waals surface area contributed by atoms with Gasteiger partial charge in [-0.05, 0) is 55.9 Å². The number of piperidine rings is 1. The number of nitro benzene ring substituents is 1. The molecule has 158 valence electrons. The van der Waals surface area contributed by atoms with Crippen LogP contribution in [0.4, 0.5) is 17.1 Å². The van der Waals surface area contributed by atoms with Crippen LogP contribution in [0.25, 0.3) is 0 Å². The summed E-state index contributed by atoms with van der Waals surface area (Å²) in [5.41, 5.74) is 3.17. The minimum absolute atomic E-state index is 0.133. The SMILES string of the molecule is O=C(c1cc(NCc2ccccc2N2CCCCC2)ccc1[N+](=O)[O-])N1CCCC1. The molecule has 0 aromatic heterocycles. The molecule has 0 bridgehead atoms. The number of amides is 1. The maximum absolute atomic E-state index is 12.8. The van der Waals surface area contributed by atoms with Crippen molar-refractivity contribution in [1.82, 2.24) is 4.90 Å². The van der Waals surface area contributed by atoms with Gasteiger partial charge in [0.15, 0.2) is 0 Å². The summed E-state index contributed by atoms with van der Waals surface area (Å²) < 4.78 is 0. The van der Waals surface area contributed by atoms with Crippen molar-refractivity contribution in [1.29, 1.82) is 0 Å². The predicted molar refractivity (Wildman–Crippen MR) is 118 cm³/mol. The topological polar surface area (TPSA) is 78.7 Å². The molecule has 2 aliphatic heterocycles. The van der Waals surface area contributed by atoms with Crippen LogP contribution in [0.2, 0.25) is 0 Å². The second-order valence-electron chi connectivity index (χ2n) is 8.02. The highest BCUT2D eigenvalue weighted by atomic mass is 16.6. The van der Waals surface area contributed by atoms with Gasteiger partial charge in [-0.25, -0.2) is 0 Å². The first-order valence-electron chi connectivity index (χ1n) is 10.8. The van der Waals surface area contributed by atoms with Gasteiger partial charge in [-0.3, -0.25) is 14.9 Å². The number of anilines is 2. The van der Waals surface area contributed by atoms with E-state index in [2.05, 4.69) is 28.4 Å². The highest BCUT2D eigenvalue weighted by Crippen LogP contribution is 2.28. The Kier molecular flexibility index (Phi) is 6.16. The maximum atomic E-state index is 12.8. The molecule has 2 aromatic carbocycles. The minimum Gasteiger partial charge on any atom is -0.381 e. The maximum Gasteiger partial charge on any atom is 0.282 e. The van der Waals surface area contributed by atoms with Gasteiger partial charge in [0.25, 0.3) is 11.6 Å².